The van der Waals surface area contributed by atoms with E-state index in [0.717, 1.165) is 17.7 Å². The Hall–Kier alpha value is -4.66. The van der Waals surface area contributed by atoms with Gasteiger partial charge in [0.1, 0.15) is 12.4 Å². The first-order valence-corrected chi connectivity index (χ1v) is 11.2. The first-order valence-electron chi connectivity index (χ1n) is 11.2. The number of tetrazole rings is 1. The number of aromatic nitrogens is 4. The topological polar surface area (TPSA) is 111 Å². The van der Waals surface area contributed by atoms with E-state index in [1.807, 2.05) is 42.5 Å². The van der Waals surface area contributed by atoms with E-state index in [0.29, 0.717) is 29.6 Å². The highest BCUT2D eigenvalue weighted by Crippen LogP contribution is 2.41. The lowest BCUT2D eigenvalue weighted by atomic mass is 10.2. The van der Waals surface area contributed by atoms with Crippen molar-refractivity contribution in [2.75, 3.05) is 18.5 Å². The molecule has 2 N–H and O–H groups in total. The number of hydrogen-bond acceptors (Lipinski definition) is 7. The third kappa shape index (κ3) is 5.64. The van der Waals surface area contributed by atoms with Crippen molar-refractivity contribution in [1.29, 1.82) is 0 Å². The van der Waals surface area contributed by atoms with E-state index in [1.54, 1.807) is 24.3 Å². The van der Waals surface area contributed by atoms with Crippen molar-refractivity contribution < 1.29 is 19.0 Å². The highest BCUT2D eigenvalue weighted by Gasteiger charge is 2.28. The largest absolute Gasteiger partial charge is 0.493 e. The van der Waals surface area contributed by atoms with Gasteiger partial charge in [-0.1, -0.05) is 53.7 Å². The van der Waals surface area contributed by atoms with Crippen LogP contribution in [-0.2, 0) is 11.2 Å². The fourth-order valence-corrected chi connectivity index (χ4v) is 3.58. The molecular weight excluding hydrogens is 446 g/mol. The van der Waals surface area contributed by atoms with E-state index in [-0.39, 0.29) is 12.5 Å². The number of carbonyl (C=O) groups is 1. The molecule has 5 rings (SSSR count). The summed E-state index contributed by atoms with van der Waals surface area (Å²) in [5.41, 5.74) is 2.61. The highest BCUT2D eigenvalue weighted by atomic mass is 16.6. The van der Waals surface area contributed by atoms with Gasteiger partial charge in [-0.25, -0.2) is 0 Å². The molecule has 1 aliphatic heterocycles. The van der Waals surface area contributed by atoms with Gasteiger partial charge in [-0.3, -0.25) is 4.79 Å². The molecule has 1 aliphatic rings. The van der Waals surface area contributed by atoms with E-state index < -0.39 is 6.10 Å². The molecule has 1 atom stereocenters. The van der Waals surface area contributed by atoms with Crippen molar-refractivity contribution in [1.82, 2.24) is 20.6 Å². The zero-order valence-corrected chi connectivity index (χ0v) is 18.8. The predicted octanol–water partition coefficient (Wildman–Crippen LogP) is 3.99. The number of benzene rings is 3. The summed E-state index contributed by atoms with van der Waals surface area (Å²) in [4.78, 5) is 12.6. The van der Waals surface area contributed by atoms with Crippen molar-refractivity contribution in [3.8, 4) is 17.2 Å². The Kier molecular flexibility index (Phi) is 6.65. The number of H-pyrrole nitrogens is 1. The van der Waals surface area contributed by atoms with Crippen LogP contribution < -0.4 is 19.5 Å². The summed E-state index contributed by atoms with van der Waals surface area (Å²) in [6, 6.07) is 23.1. The fraction of sp³-hybridized carbons (Fsp3) is 0.154. The van der Waals surface area contributed by atoms with Crippen LogP contribution in [0, 0.1) is 0 Å². The van der Waals surface area contributed by atoms with Gasteiger partial charge in [-0.2, -0.15) is 5.21 Å². The molecule has 4 aromatic rings. The molecule has 9 nitrogen and oxygen atoms in total. The summed E-state index contributed by atoms with van der Waals surface area (Å²) in [6.45, 7) is 0.845. The summed E-state index contributed by atoms with van der Waals surface area (Å²) in [6.07, 6.45) is 3.52. The number of ether oxygens (including phenoxy) is 3. The highest BCUT2D eigenvalue weighted by molar-refractivity contribution is 6.03. The molecule has 0 radical (unpaired) electrons. The number of para-hydroxylation sites is 1. The zero-order chi connectivity index (χ0) is 23.9. The Balaban J connectivity index is 1.16. The molecule has 0 saturated heterocycles. The van der Waals surface area contributed by atoms with Crippen LogP contribution in [0.5, 0.6) is 17.2 Å². The van der Waals surface area contributed by atoms with Gasteiger partial charge >= 0.3 is 0 Å². The van der Waals surface area contributed by atoms with E-state index >= 15 is 0 Å². The van der Waals surface area contributed by atoms with E-state index in [1.165, 1.54) is 11.6 Å². The predicted molar refractivity (Wildman–Crippen MR) is 129 cm³/mol. The van der Waals surface area contributed by atoms with Gasteiger partial charge in [0.2, 0.25) is 11.7 Å². The molecule has 0 aliphatic carbocycles. The summed E-state index contributed by atoms with van der Waals surface area (Å²) in [5.74, 6) is 1.82. The lowest BCUT2D eigenvalue weighted by molar-refractivity contribution is -0.111. The molecule has 3 aromatic carbocycles. The number of anilines is 1. The molecule has 0 spiro atoms. The Morgan fingerprint density at radius 3 is 2.74 bits per heavy atom. The number of nitrogens with zero attached hydrogens (tertiary/aromatic N) is 3. The van der Waals surface area contributed by atoms with Crippen molar-refractivity contribution in [3.05, 3.63) is 95.8 Å². The first kappa shape index (κ1) is 22.1. The van der Waals surface area contributed by atoms with Gasteiger partial charge in [0.05, 0.1) is 12.3 Å². The number of aromatic amines is 1. The van der Waals surface area contributed by atoms with Crippen molar-refractivity contribution in [2.24, 2.45) is 0 Å². The normalized spacial score (nSPS) is 14.6. The summed E-state index contributed by atoms with van der Waals surface area (Å²) in [5, 5.41) is 16.7. The van der Waals surface area contributed by atoms with Crippen LogP contribution in [-0.4, -0.2) is 39.7 Å². The van der Waals surface area contributed by atoms with Crippen LogP contribution in [0.4, 0.5) is 5.69 Å². The van der Waals surface area contributed by atoms with Crippen LogP contribution in [0.1, 0.15) is 23.1 Å². The van der Waals surface area contributed by atoms with Crippen LogP contribution in [0.3, 0.4) is 0 Å². The molecule has 0 bridgehead atoms. The van der Waals surface area contributed by atoms with Crippen LogP contribution >= 0.6 is 0 Å². The molecule has 9 heteroatoms. The Bertz CT molecular complexity index is 1290. The smallest absolute Gasteiger partial charge is 0.248 e. The number of rotatable bonds is 8. The Labute approximate surface area is 201 Å². The lowest BCUT2D eigenvalue weighted by Crippen LogP contribution is -2.24. The molecule has 1 amide bonds. The number of carbonyl (C=O) groups excluding carboxylic acids is 1. The van der Waals surface area contributed by atoms with Gasteiger partial charge in [0, 0.05) is 12.5 Å². The van der Waals surface area contributed by atoms with Crippen molar-refractivity contribution in [3.63, 3.8) is 0 Å². The second kappa shape index (κ2) is 10.5. The minimum Gasteiger partial charge on any atom is -0.493 e. The van der Waals surface area contributed by atoms with Crippen LogP contribution in [0.2, 0.25) is 0 Å². The molecule has 2 heterocycles. The molecule has 1 aromatic heterocycles. The minimum atomic E-state index is -0.525. The minimum absolute atomic E-state index is 0.246. The molecule has 0 saturated carbocycles. The van der Waals surface area contributed by atoms with Gasteiger partial charge in [-0.15, -0.1) is 10.2 Å². The van der Waals surface area contributed by atoms with Gasteiger partial charge in [-0.05, 0) is 41.5 Å². The van der Waals surface area contributed by atoms with Gasteiger partial charge in [0.15, 0.2) is 17.6 Å². The SMILES string of the molecule is O=C(C=Cc1ccc(OCCc2ccccc2)cc1)Nc1cccc2c1OC(c1nn[nH]n1)CO2. The number of amides is 1. The summed E-state index contributed by atoms with van der Waals surface area (Å²) < 4.78 is 17.5. The average Bonchev–Trinajstić information content (AvgIpc) is 3.44. The maximum atomic E-state index is 12.6. The quantitative estimate of drug-likeness (QED) is 0.376. The molecule has 1 unspecified atom stereocenters. The van der Waals surface area contributed by atoms with Gasteiger partial charge < -0.3 is 19.5 Å². The van der Waals surface area contributed by atoms with E-state index in [4.69, 9.17) is 14.2 Å². The van der Waals surface area contributed by atoms with Crippen molar-refractivity contribution in [2.45, 2.75) is 12.5 Å². The summed E-state index contributed by atoms with van der Waals surface area (Å²) >= 11 is 0. The number of fused-ring (bicyclic) bond motifs is 1. The monoisotopic (exact) mass is 469 g/mol. The Morgan fingerprint density at radius 1 is 1.09 bits per heavy atom. The standard InChI is InChI=1S/C26H23N5O4/c32-24(14-11-19-9-12-20(13-10-19)33-16-15-18-5-2-1-3-6-18)27-21-7-4-8-22-25(21)35-23(17-34-22)26-28-30-31-29-26/h1-14,23H,15-17H2,(H,27,32)(H,28,29,30,31). The Morgan fingerprint density at radius 2 is 1.94 bits per heavy atom. The van der Waals surface area contributed by atoms with Gasteiger partial charge in [0.25, 0.3) is 0 Å². The summed E-state index contributed by atoms with van der Waals surface area (Å²) in [7, 11) is 0. The lowest BCUT2D eigenvalue weighted by Gasteiger charge is -2.26. The second-order valence-electron chi connectivity index (χ2n) is 7.80. The van der Waals surface area contributed by atoms with E-state index in [2.05, 4.69) is 38.1 Å². The zero-order valence-electron chi connectivity index (χ0n) is 18.8. The third-order valence-corrected chi connectivity index (χ3v) is 5.35. The average molecular weight is 470 g/mol. The second-order valence-corrected chi connectivity index (χ2v) is 7.80. The molecule has 0 fully saturated rings. The third-order valence-electron chi connectivity index (χ3n) is 5.35. The molecule has 176 valence electrons. The first-order chi connectivity index (χ1) is 17.2. The maximum absolute atomic E-state index is 12.6. The number of hydrogen-bond donors (Lipinski definition) is 2. The number of nitrogens with one attached hydrogen (secondary N) is 2. The molecule has 35 heavy (non-hydrogen) atoms. The van der Waals surface area contributed by atoms with Crippen molar-refractivity contribution >= 4 is 17.7 Å². The van der Waals surface area contributed by atoms with E-state index in [9.17, 15) is 4.79 Å². The fourth-order valence-electron chi connectivity index (χ4n) is 3.58. The maximum Gasteiger partial charge on any atom is 0.248 e. The van der Waals surface area contributed by atoms with Crippen LogP contribution in [0.25, 0.3) is 6.08 Å². The molecular formula is C26H23N5O4. The van der Waals surface area contributed by atoms with Crippen LogP contribution in [0.15, 0.2) is 78.9 Å².